The maximum atomic E-state index is 4.50. The zero-order valence-electron chi connectivity index (χ0n) is 12.3. The van der Waals surface area contributed by atoms with Gasteiger partial charge in [-0.3, -0.25) is 0 Å². The van der Waals surface area contributed by atoms with Gasteiger partial charge in [0.05, 0.1) is 10.7 Å². The summed E-state index contributed by atoms with van der Waals surface area (Å²) in [5.74, 6) is 0. The Balaban J connectivity index is 1.74. The number of nitrogens with zero attached hydrogens (tertiary/aromatic N) is 2. The standard InChI is InChI=1S/C14H26N4S/c1-11(14-12(2)17-13(3)19-14)16-7-10-18-8-4-5-15-6-9-18/h11,15-16H,4-10H2,1-3H3. The Morgan fingerprint density at radius 3 is 2.95 bits per heavy atom. The lowest BCUT2D eigenvalue weighted by atomic mass is 10.2. The normalized spacial score (nSPS) is 19.3. The number of rotatable bonds is 5. The summed E-state index contributed by atoms with van der Waals surface area (Å²) in [6.07, 6.45) is 1.27. The molecule has 0 amide bonds. The summed E-state index contributed by atoms with van der Waals surface area (Å²) in [7, 11) is 0. The van der Waals surface area contributed by atoms with E-state index in [1.165, 1.54) is 41.6 Å². The number of thiazole rings is 1. The average molecular weight is 282 g/mol. The number of hydrogen-bond donors (Lipinski definition) is 2. The van der Waals surface area contributed by atoms with E-state index in [2.05, 4.69) is 41.3 Å². The van der Waals surface area contributed by atoms with Gasteiger partial charge >= 0.3 is 0 Å². The quantitative estimate of drug-likeness (QED) is 0.862. The van der Waals surface area contributed by atoms with E-state index in [1.54, 1.807) is 0 Å². The minimum atomic E-state index is 0.413. The molecule has 108 valence electrons. The van der Waals surface area contributed by atoms with Crippen molar-refractivity contribution in [3.63, 3.8) is 0 Å². The second-order valence-electron chi connectivity index (χ2n) is 5.30. The lowest BCUT2D eigenvalue weighted by molar-refractivity contribution is 0.287. The Kier molecular flexibility index (Phi) is 5.76. The average Bonchev–Trinajstić information content (AvgIpc) is 2.58. The second-order valence-corrected chi connectivity index (χ2v) is 6.54. The predicted octanol–water partition coefficient (Wildman–Crippen LogP) is 1.71. The third-order valence-electron chi connectivity index (χ3n) is 3.64. The fraction of sp³-hybridized carbons (Fsp3) is 0.786. The highest BCUT2D eigenvalue weighted by Gasteiger charge is 2.13. The number of hydrogen-bond acceptors (Lipinski definition) is 5. The Morgan fingerprint density at radius 2 is 2.21 bits per heavy atom. The van der Waals surface area contributed by atoms with Gasteiger partial charge in [-0.1, -0.05) is 0 Å². The molecule has 19 heavy (non-hydrogen) atoms. The molecule has 1 fully saturated rings. The van der Waals surface area contributed by atoms with Crippen LogP contribution in [0.5, 0.6) is 0 Å². The number of aryl methyl sites for hydroxylation is 2. The summed E-state index contributed by atoms with van der Waals surface area (Å²) in [4.78, 5) is 8.43. The molecule has 0 aromatic carbocycles. The first-order valence-corrected chi connectivity index (χ1v) is 8.09. The lowest BCUT2D eigenvalue weighted by Crippen LogP contribution is -2.35. The van der Waals surface area contributed by atoms with Crippen molar-refractivity contribution in [3.05, 3.63) is 15.6 Å². The molecule has 1 aliphatic heterocycles. The van der Waals surface area contributed by atoms with Crippen LogP contribution in [0.1, 0.15) is 35.0 Å². The minimum absolute atomic E-state index is 0.413. The molecular weight excluding hydrogens is 256 g/mol. The van der Waals surface area contributed by atoms with Crippen LogP contribution in [0.3, 0.4) is 0 Å². The van der Waals surface area contributed by atoms with Crippen molar-refractivity contribution in [2.75, 3.05) is 39.3 Å². The van der Waals surface area contributed by atoms with E-state index in [1.807, 2.05) is 11.3 Å². The van der Waals surface area contributed by atoms with Gasteiger partial charge in [-0.25, -0.2) is 4.98 Å². The van der Waals surface area contributed by atoms with E-state index < -0.39 is 0 Å². The van der Waals surface area contributed by atoms with Crippen LogP contribution in [0.2, 0.25) is 0 Å². The van der Waals surface area contributed by atoms with E-state index in [0.29, 0.717) is 6.04 Å². The molecule has 1 saturated heterocycles. The van der Waals surface area contributed by atoms with Crippen LogP contribution >= 0.6 is 11.3 Å². The van der Waals surface area contributed by atoms with Crippen molar-refractivity contribution in [2.24, 2.45) is 0 Å². The van der Waals surface area contributed by atoms with Crippen LogP contribution < -0.4 is 10.6 Å². The Hall–Kier alpha value is -0.490. The van der Waals surface area contributed by atoms with Crippen molar-refractivity contribution in [2.45, 2.75) is 33.2 Å². The van der Waals surface area contributed by atoms with Crippen LogP contribution in [0.4, 0.5) is 0 Å². The topological polar surface area (TPSA) is 40.2 Å². The molecule has 1 aliphatic rings. The smallest absolute Gasteiger partial charge is 0.0900 e. The molecule has 4 nitrogen and oxygen atoms in total. The highest BCUT2D eigenvalue weighted by Crippen LogP contribution is 2.24. The van der Waals surface area contributed by atoms with Gasteiger partial charge in [-0.2, -0.15) is 0 Å². The Labute approximate surface area is 120 Å². The highest BCUT2D eigenvalue weighted by atomic mass is 32.1. The maximum absolute atomic E-state index is 4.50. The summed E-state index contributed by atoms with van der Waals surface area (Å²) in [6.45, 7) is 13.3. The van der Waals surface area contributed by atoms with Crippen molar-refractivity contribution < 1.29 is 0 Å². The first-order valence-electron chi connectivity index (χ1n) is 7.27. The fourth-order valence-electron chi connectivity index (χ4n) is 2.61. The van der Waals surface area contributed by atoms with Crippen LogP contribution in [-0.2, 0) is 0 Å². The van der Waals surface area contributed by atoms with Crippen molar-refractivity contribution >= 4 is 11.3 Å². The molecule has 2 N–H and O–H groups in total. The third-order valence-corrected chi connectivity index (χ3v) is 4.90. The first kappa shape index (κ1) is 14.9. The van der Waals surface area contributed by atoms with Gasteiger partial charge in [0, 0.05) is 37.1 Å². The second kappa shape index (κ2) is 7.33. The molecule has 0 radical (unpaired) electrons. The van der Waals surface area contributed by atoms with Crippen molar-refractivity contribution in [3.8, 4) is 0 Å². The summed E-state index contributed by atoms with van der Waals surface area (Å²) in [5, 5.41) is 8.24. The Bertz CT molecular complexity index is 383. The maximum Gasteiger partial charge on any atom is 0.0900 e. The lowest BCUT2D eigenvalue weighted by Gasteiger charge is -2.21. The number of aromatic nitrogens is 1. The molecule has 2 rings (SSSR count). The van der Waals surface area contributed by atoms with Crippen LogP contribution in [0, 0.1) is 13.8 Å². The zero-order valence-corrected chi connectivity index (χ0v) is 13.1. The molecule has 1 aromatic heterocycles. The molecule has 5 heteroatoms. The van der Waals surface area contributed by atoms with Crippen molar-refractivity contribution in [1.29, 1.82) is 0 Å². The molecular formula is C14H26N4S. The predicted molar refractivity (Wildman–Crippen MR) is 81.9 cm³/mol. The summed E-state index contributed by atoms with van der Waals surface area (Å²) < 4.78 is 0. The van der Waals surface area contributed by atoms with Gasteiger partial charge in [-0.15, -0.1) is 11.3 Å². The highest BCUT2D eigenvalue weighted by molar-refractivity contribution is 7.11. The summed E-state index contributed by atoms with van der Waals surface area (Å²) in [6, 6.07) is 0.413. The summed E-state index contributed by atoms with van der Waals surface area (Å²) >= 11 is 1.81. The molecule has 0 spiro atoms. The minimum Gasteiger partial charge on any atom is -0.315 e. The van der Waals surface area contributed by atoms with E-state index in [0.717, 1.165) is 19.6 Å². The van der Waals surface area contributed by atoms with Gasteiger partial charge < -0.3 is 15.5 Å². The van der Waals surface area contributed by atoms with E-state index in [4.69, 9.17) is 0 Å². The van der Waals surface area contributed by atoms with Gasteiger partial charge in [0.2, 0.25) is 0 Å². The molecule has 1 atom stereocenters. The van der Waals surface area contributed by atoms with E-state index in [-0.39, 0.29) is 0 Å². The van der Waals surface area contributed by atoms with Crippen LogP contribution in [0.15, 0.2) is 0 Å². The van der Waals surface area contributed by atoms with Crippen molar-refractivity contribution in [1.82, 2.24) is 20.5 Å². The fourth-order valence-corrected chi connectivity index (χ4v) is 3.56. The summed E-state index contributed by atoms with van der Waals surface area (Å²) in [5.41, 5.74) is 1.18. The van der Waals surface area contributed by atoms with Gasteiger partial charge in [0.25, 0.3) is 0 Å². The molecule has 1 unspecified atom stereocenters. The van der Waals surface area contributed by atoms with Gasteiger partial charge in [0.1, 0.15) is 0 Å². The van der Waals surface area contributed by atoms with Crippen LogP contribution in [-0.4, -0.2) is 49.2 Å². The van der Waals surface area contributed by atoms with E-state index >= 15 is 0 Å². The zero-order chi connectivity index (χ0) is 13.7. The Morgan fingerprint density at radius 1 is 1.37 bits per heavy atom. The monoisotopic (exact) mass is 282 g/mol. The number of nitrogens with one attached hydrogen (secondary N) is 2. The molecule has 2 heterocycles. The molecule has 1 aromatic rings. The van der Waals surface area contributed by atoms with E-state index in [9.17, 15) is 0 Å². The van der Waals surface area contributed by atoms with Gasteiger partial charge in [-0.05, 0) is 40.3 Å². The SMILES string of the molecule is Cc1nc(C)c(C(C)NCCN2CCCNCC2)s1. The first-order chi connectivity index (χ1) is 9.16. The third kappa shape index (κ3) is 4.53. The molecule has 0 bridgehead atoms. The van der Waals surface area contributed by atoms with Gasteiger partial charge in [0.15, 0.2) is 0 Å². The largest absolute Gasteiger partial charge is 0.315 e. The molecule has 0 aliphatic carbocycles. The van der Waals surface area contributed by atoms with Crippen LogP contribution in [0.25, 0.3) is 0 Å². The molecule has 0 saturated carbocycles.